The van der Waals surface area contributed by atoms with Crippen molar-refractivity contribution in [3.63, 3.8) is 0 Å². The minimum atomic E-state index is 0.647. The van der Waals surface area contributed by atoms with Crippen molar-refractivity contribution in [2.75, 3.05) is 20.7 Å². The smallest absolute Gasteiger partial charge is 0.118 e. The molecule has 120 valence electrons. The summed E-state index contributed by atoms with van der Waals surface area (Å²) >= 11 is 0. The predicted molar refractivity (Wildman–Crippen MR) is 94.3 cm³/mol. The molecule has 2 aromatic carbocycles. The summed E-state index contributed by atoms with van der Waals surface area (Å²) in [5, 5.41) is 3.41. The van der Waals surface area contributed by atoms with Crippen molar-refractivity contribution in [2.24, 2.45) is 5.92 Å². The maximum atomic E-state index is 5.32. The van der Waals surface area contributed by atoms with E-state index in [1.165, 1.54) is 18.4 Å². The van der Waals surface area contributed by atoms with Gasteiger partial charge in [0.25, 0.3) is 0 Å². The first-order valence-electron chi connectivity index (χ1n) is 8.69. The van der Waals surface area contributed by atoms with E-state index in [0.29, 0.717) is 17.8 Å². The molecule has 1 N–H and O–H groups in total. The van der Waals surface area contributed by atoms with Crippen LogP contribution in [-0.4, -0.2) is 20.7 Å². The fourth-order valence-corrected chi connectivity index (χ4v) is 4.90. The third-order valence-electron chi connectivity index (χ3n) is 5.92. The van der Waals surface area contributed by atoms with Gasteiger partial charge in [-0.2, -0.15) is 0 Å². The molecule has 0 unspecified atom stereocenters. The fourth-order valence-electron chi connectivity index (χ4n) is 4.90. The summed E-state index contributed by atoms with van der Waals surface area (Å²) in [5.74, 6) is 3.71. The van der Waals surface area contributed by atoms with Gasteiger partial charge in [-0.05, 0) is 78.9 Å². The van der Waals surface area contributed by atoms with Gasteiger partial charge in [-0.1, -0.05) is 36.4 Å². The van der Waals surface area contributed by atoms with Gasteiger partial charge in [-0.15, -0.1) is 0 Å². The molecule has 0 heterocycles. The van der Waals surface area contributed by atoms with E-state index in [0.717, 1.165) is 18.2 Å². The molecule has 0 radical (unpaired) electrons. The second kappa shape index (κ2) is 6.01. The number of ether oxygens (including phenoxy) is 1. The number of benzene rings is 2. The quantitative estimate of drug-likeness (QED) is 0.910. The average Bonchev–Trinajstić information content (AvgIpc) is 2.62. The Bertz CT molecular complexity index is 678. The van der Waals surface area contributed by atoms with E-state index < -0.39 is 0 Å². The SMILES string of the molecule is CNC[C@@H]1C[C@H]2c3ccccc3[C@@H]1C[C@H]2c1ccc(OC)cc1. The van der Waals surface area contributed by atoms with Crippen LogP contribution >= 0.6 is 0 Å². The molecule has 2 heteroatoms. The highest BCUT2D eigenvalue weighted by atomic mass is 16.5. The number of methoxy groups -OCH3 is 1. The molecule has 1 fully saturated rings. The van der Waals surface area contributed by atoms with E-state index >= 15 is 0 Å². The van der Waals surface area contributed by atoms with Crippen LogP contribution in [0.5, 0.6) is 5.75 Å². The highest BCUT2D eigenvalue weighted by molar-refractivity contribution is 5.44. The Hall–Kier alpha value is -1.80. The molecule has 3 aliphatic rings. The van der Waals surface area contributed by atoms with Crippen molar-refractivity contribution in [3.8, 4) is 5.75 Å². The lowest BCUT2D eigenvalue weighted by molar-refractivity contribution is 0.217. The Morgan fingerprint density at radius 1 is 0.913 bits per heavy atom. The molecule has 0 spiro atoms. The minimum absolute atomic E-state index is 0.647. The Balaban J connectivity index is 1.70. The normalized spacial score (nSPS) is 28.4. The fraction of sp³-hybridized carbons (Fsp3) is 0.429. The van der Waals surface area contributed by atoms with Crippen LogP contribution < -0.4 is 10.1 Å². The van der Waals surface area contributed by atoms with E-state index in [2.05, 4.69) is 60.9 Å². The van der Waals surface area contributed by atoms with E-state index in [9.17, 15) is 0 Å². The van der Waals surface area contributed by atoms with Crippen LogP contribution in [0.3, 0.4) is 0 Å². The van der Waals surface area contributed by atoms with Crippen LogP contribution in [0.15, 0.2) is 48.5 Å². The molecule has 3 aliphatic carbocycles. The lowest BCUT2D eigenvalue weighted by Crippen LogP contribution is -2.38. The van der Waals surface area contributed by atoms with Crippen LogP contribution in [0, 0.1) is 5.92 Å². The Morgan fingerprint density at radius 2 is 1.61 bits per heavy atom. The molecular weight excluding hydrogens is 282 g/mol. The zero-order valence-corrected chi connectivity index (χ0v) is 14.0. The number of hydrogen-bond donors (Lipinski definition) is 1. The number of rotatable bonds is 4. The van der Waals surface area contributed by atoms with Crippen molar-refractivity contribution in [1.29, 1.82) is 0 Å². The van der Waals surface area contributed by atoms with Gasteiger partial charge in [-0.3, -0.25) is 0 Å². The zero-order valence-electron chi connectivity index (χ0n) is 14.0. The lowest BCUT2D eigenvalue weighted by Gasteiger charge is -2.49. The van der Waals surface area contributed by atoms with Gasteiger partial charge in [0, 0.05) is 0 Å². The Morgan fingerprint density at radius 3 is 2.26 bits per heavy atom. The number of nitrogens with one attached hydrogen (secondary N) is 1. The van der Waals surface area contributed by atoms with Crippen LogP contribution in [0.2, 0.25) is 0 Å². The molecule has 0 aromatic heterocycles. The maximum absolute atomic E-state index is 5.32. The van der Waals surface area contributed by atoms with Crippen LogP contribution in [0.1, 0.15) is 47.3 Å². The summed E-state index contributed by atoms with van der Waals surface area (Å²) in [6.45, 7) is 1.13. The summed E-state index contributed by atoms with van der Waals surface area (Å²) in [5.41, 5.74) is 4.67. The van der Waals surface area contributed by atoms with Gasteiger partial charge in [0.2, 0.25) is 0 Å². The first-order valence-corrected chi connectivity index (χ1v) is 8.69. The molecule has 0 saturated heterocycles. The van der Waals surface area contributed by atoms with E-state index in [-0.39, 0.29) is 0 Å². The van der Waals surface area contributed by atoms with Crippen molar-refractivity contribution in [3.05, 3.63) is 65.2 Å². The molecule has 2 bridgehead atoms. The third kappa shape index (κ3) is 2.46. The van der Waals surface area contributed by atoms with Crippen molar-refractivity contribution >= 4 is 0 Å². The molecule has 0 aliphatic heterocycles. The maximum Gasteiger partial charge on any atom is 0.118 e. The van der Waals surface area contributed by atoms with Gasteiger partial charge in [-0.25, -0.2) is 0 Å². The van der Waals surface area contributed by atoms with Crippen LogP contribution in [0.4, 0.5) is 0 Å². The Labute approximate surface area is 138 Å². The van der Waals surface area contributed by atoms with Crippen molar-refractivity contribution in [2.45, 2.75) is 30.6 Å². The standard InChI is InChI=1S/C21H25NO/c1-22-13-15-11-21-18-6-4-3-5-17(18)20(15)12-19(21)14-7-9-16(23-2)10-8-14/h3-10,15,19-22H,11-13H2,1-2H3/t15-,19-,20+,21-/m0/s1. The predicted octanol–water partition coefficient (Wildman–Crippen LogP) is 4.29. The summed E-state index contributed by atoms with van der Waals surface area (Å²) in [7, 11) is 3.81. The summed E-state index contributed by atoms with van der Waals surface area (Å²) in [4.78, 5) is 0. The van der Waals surface area contributed by atoms with Crippen molar-refractivity contribution in [1.82, 2.24) is 5.32 Å². The molecular formula is C21H25NO. The molecule has 4 atom stereocenters. The van der Waals surface area contributed by atoms with Crippen LogP contribution in [0.25, 0.3) is 0 Å². The molecule has 5 rings (SSSR count). The molecule has 0 amide bonds. The highest BCUT2D eigenvalue weighted by Crippen LogP contribution is 2.58. The molecule has 2 nitrogen and oxygen atoms in total. The third-order valence-corrected chi connectivity index (χ3v) is 5.92. The van der Waals surface area contributed by atoms with Gasteiger partial charge >= 0.3 is 0 Å². The second-order valence-corrected chi connectivity index (χ2v) is 7.01. The Kier molecular flexibility index (Phi) is 3.86. The first-order chi connectivity index (χ1) is 11.3. The minimum Gasteiger partial charge on any atom is -0.497 e. The van der Waals surface area contributed by atoms with E-state index in [4.69, 9.17) is 4.74 Å². The summed E-state index contributed by atoms with van der Waals surface area (Å²) < 4.78 is 5.32. The van der Waals surface area contributed by atoms with Gasteiger partial charge in [0.1, 0.15) is 5.75 Å². The summed E-state index contributed by atoms with van der Waals surface area (Å²) in [6, 6.07) is 17.9. The number of fused-ring (bicyclic) bond motifs is 2. The van der Waals surface area contributed by atoms with E-state index in [1.54, 1.807) is 18.2 Å². The summed E-state index contributed by atoms with van der Waals surface area (Å²) in [6.07, 6.45) is 2.58. The average molecular weight is 307 g/mol. The van der Waals surface area contributed by atoms with Crippen LogP contribution in [-0.2, 0) is 0 Å². The molecule has 23 heavy (non-hydrogen) atoms. The molecule has 1 saturated carbocycles. The largest absolute Gasteiger partial charge is 0.497 e. The second-order valence-electron chi connectivity index (χ2n) is 7.01. The molecule has 2 aromatic rings. The van der Waals surface area contributed by atoms with E-state index in [1.807, 2.05) is 0 Å². The lowest BCUT2D eigenvalue weighted by atomic mass is 9.56. The van der Waals surface area contributed by atoms with Gasteiger partial charge in [0.05, 0.1) is 7.11 Å². The van der Waals surface area contributed by atoms with Gasteiger partial charge in [0.15, 0.2) is 0 Å². The van der Waals surface area contributed by atoms with Crippen molar-refractivity contribution < 1.29 is 4.74 Å². The monoisotopic (exact) mass is 307 g/mol. The number of hydrogen-bond acceptors (Lipinski definition) is 2. The first kappa shape index (κ1) is 14.8. The zero-order chi connectivity index (χ0) is 15.8. The van der Waals surface area contributed by atoms with Gasteiger partial charge < -0.3 is 10.1 Å². The topological polar surface area (TPSA) is 21.3 Å². The highest BCUT2D eigenvalue weighted by Gasteiger charge is 2.44.